The maximum Gasteiger partial charge on any atom is 0.151 e. The van der Waals surface area contributed by atoms with E-state index in [0.717, 1.165) is 4.47 Å². The van der Waals surface area contributed by atoms with Gasteiger partial charge in [-0.1, -0.05) is 15.9 Å². The molecule has 2 N–H and O–H groups in total. The zero-order chi connectivity index (χ0) is 12.3. The molecule has 0 fully saturated rings. The highest BCUT2D eigenvalue weighted by Crippen LogP contribution is 2.23. The van der Waals surface area contributed by atoms with Crippen LogP contribution in [0.2, 0.25) is 0 Å². The Morgan fingerprint density at radius 1 is 1.24 bits per heavy atom. The summed E-state index contributed by atoms with van der Waals surface area (Å²) >= 11 is 3.28. The highest BCUT2D eigenvalue weighted by molar-refractivity contribution is 9.10. The number of benzene rings is 1. The summed E-state index contributed by atoms with van der Waals surface area (Å²) in [6.07, 6.45) is 3.11. The Labute approximate surface area is 106 Å². The Morgan fingerprint density at radius 2 is 2.00 bits per heavy atom. The van der Waals surface area contributed by atoms with Gasteiger partial charge in [0.2, 0.25) is 0 Å². The second-order valence-corrected chi connectivity index (χ2v) is 4.20. The van der Waals surface area contributed by atoms with E-state index < -0.39 is 0 Å². The molecule has 1 aromatic carbocycles. The van der Waals surface area contributed by atoms with Gasteiger partial charge in [-0.05, 0) is 18.2 Å². The zero-order valence-corrected chi connectivity index (χ0v) is 10.6. The number of nitrogens with one attached hydrogen (secondary N) is 2. The topological polar surface area (TPSA) is 49.8 Å². The monoisotopic (exact) mass is 296 g/mol. The van der Waals surface area contributed by atoms with E-state index in [0.29, 0.717) is 17.3 Å². The Kier molecular flexibility index (Phi) is 3.53. The van der Waals surface area contributed by atoms with E-state index in [1.54, 1.807) is 25.4 Å². The van der Waals surface area contributed by atoms with Crippen LogP contribution in [0.15, 0.2) is 35.1 Å². The second kappa shape index (κ2) is 5.09. The minimum absolute atomic E-state index is 0.343. The molecule has 0 atom stereocenters. The van der Waals surface area contributed by atoms with E-state index in [-0.39, 0.29) is 5.82 Å². The lowest BCUT2D eigenvalue weighted by Gasteiger charge is -2.08. The predicted octanol–water partition coefficient (Wildman–Crippen LogP) is 3.16. The molecule has 0 amide bonds. The first-order valence-corrected chi connectivity index (χ1v) is 5.70. The molecule has 6 heteroatoms. The molecule has 2 rings (SSSR count). The highest BCUT2D eigenvalue weighted by atomic mass is 79.9. The van der Waals surface area contributed by atoms with E-state index in [4.69, 9.17) is 0 Å². The lowest BCUT2D eigenvalue weighted by molar-refractivity contribution is 0.631. The Hall–Kier alpha value is -1.69. The van der Waals surface area contributed by atoms with Gasteiger partial charge in [-0.25, -0.2) is 9.37 Å². The number of hydrogen-bond acceptors (Lipinski definition) is 4. The van der Waals surface area contributed by atoms with Gasteiger partial charge in [0.05, 0.1) is 18.1 Å². The van der Waals surface area contributed by atoms with Crippen molar-refractivity contribution in [3.63, 3.8) is 0 Å². The minimum Gasteiger partial charge on any atom is -0.372 e. The Morgan fingerprint density at radius 3 is 2.76 bits per heavy atom. The normalized spacial score (nSPS) is 10.1. The van der Waals surface area contributed by atoms with Crippen molar-refractivity contribution in [1.82, 2.24) is 9.97 Å². The van der Waals surface area contributed by atoms with Crippen molar-refractivity contribution in [2.45, 2.75) is 0 Å². The van der Waals surface area contributed by atoms with Crippen molar-refractivity contribution >= 4 is 33.3 Å². The first-order valence-electron chi connectivity index (χ1n) is 4.91. The molecule has 2 aromatic rings. The standard InChI is InChI=1S/C11H10BrFN4/c1-14-10-5-15-6-11(17-10)16-9-4-7(12)2-3-8(9)13/h2-6H,1H3,(H2,14,16,17). The summed E-state index contributed by atoms with van der Waals surface area (Å²) in [5, 5.41) is 5.73. The fraction of sp³-hybridized carbons (Fsp3) is 0.0909. The fourth-order valence-corrected chi connectivity index (χ4v) is 1.64. The van der Waals surface area contributed by atoms with Crippen molar-refractivity contribution in [2.75, 3.05) is 17.7 Å². The molecule has 0 saturated carbocycles. The molecule has 0 aliphatic heterocycles. The molecule has 0 bridgehead atoms. The van der Waals surface area contributed by atoms with Gasteiger partial charge >= 0.3 is 0 Å². The Balaban J connectivity index is 2.27. The Bertz CT molecular complexity index is 533. The molecular weight excluding hydrogens is 287 g/mol. The van der Waals surface area contributed by atoms with Crippen LogP contribution in [0.5, 0.6) is 0 Å². The zero-order valence-electron chi connectivity index (χ0n) is 9.04. The maximum atomic E-state index is 13.5. The first-order chi connectivity index (χ1) is 8.19. The van der Waals surface area contributed by atoms with Crippen LogP contribution in [0, 0.1) is 5.82 Å². The van der Waals surface area contributed by atoms with Crippen molar-refractivity contribution in [3.8, 4) is 0 Å². The summed E-state index contributed by atoms with van der Waals surface area (Å²) < 4.78 is 14.3. The van der Waals surface area contributed by atoms with Crippen LogP contribution < -0.4 is 10.6 Å². The van der Waals surface area contributed by atoms with Gasteiger partial charge in [0.15, 0.2) is 5.82 Å². The van der Waals surface area contributed by atoms with E-state index >= 15 is 0 Å². The first kappa shape index (κ1) is 11.8. The molecular formula is C11H10BrFN4. The van der Waals surface area contributed by atoms with Crippen LogP contribution in [-0.2, 0) is 0 Å². The van der Waals surface area contributed by atoms with Gasteiger partial charge in [-0.2, -0.15) is 0 Å². The summed E-state index contributed by atoms with van der Waals surface area (Å²) in [4.78, 5) is 8.17. The summed E-state index contributed by atoms with van der Waals surface area (Å²) in [5.41, 5.74) is 0.349. The average molecular weight is 297 g/mol. The van der Waals surface area contributed by atoms with Gasteiger partial charge in [0.1, 0.15) is 11.6 Å². The largest absolute Gasteiger partial charge is 0.372 e. The molecule has 0 aliphatic carbocycles. The van der Waals surface area contributed by atoms with Crippen molar-refractivity contribution in [3.05, 3.63) is 40.9 Å². The van der Waals surface area contributed by atoms with Gasteiger partial charge in [0, 0.05) is 11.5 Å². The molecule has 0 aliphatic rings. The lowest BCUT2D eigenvalue weighted by Crippen LogP contribution is -2.00. The third-order valence-electron chi connectivity index (χ3n) is 2.08. The average Bonchev–Trinajstić information content (AvgIpc) is 2.34. The quantitative estimate of drug-likeness (QED) is 0.913. The predicted molar refractivity (Wildman–Crippen MR) is 69.0 cm³/mol. The van der Waals surface area contributed by atoms with Crippen molar-refractivity contribution in [2.24, 2.45) is 0 Å². The van der Waals surface area contributed by atoms with E-state index in [1.165, 1.54) is 12.3 Å². The fourth-order valence-electron chi connectivity index (χ4n) is 1.28. The summed E-state index contributed by atoms with van der Waals surface area (Å²) in [7, 11) is 1.74. The molecule has 0 unspecified atom stereocenters. The number of halogens is 2. The minimum atomic E-state index is -0.343. The van der Waals surface area contributed by atoms with Gasteiger partial charge in [-0.3, -0.25) is 4.98 Å². The van der Waals surface area contributed by atoms with Gasteiger partial charge in [-0.15, -0.1) is 0 Å². The van der Waals surface area contributed by atoms with Crippen LogP contribution in [0.1, 0.15) is 0 Å². The number of anilines is 3. The molecule has 1 heterocycles. The van der Waals surface area contributed by atoms with Crippen LogP contribution in [-0.4, -0.2) is 17.0 Å². The second-order valence-electron chi connectivity index (χ2n) is 3.29. The van der Waals surface area contributed by atoms with E-state index in [9.17, 15) is 4.39 Å². The molecule has 88 valence electrons. The summed E-state index contributed by atoms with van der Waals surface area (Å²) in [6, 6.07) is 4.65. The molecule has 17 heavy (non-hydrogen) atoms. The summed E-state index contributed by atoms with van der Waals surface area (Å²) in [5.74, 6) is 0.754. The SMILES string of the molecule is CNc1cncc(Nc2cc(Br)ccc2F)n1. The third-order valence-corrected chi connectivity index (χ3v) is 2.58. The molecule has 0 spiro atoms. The van der Waals surface area contributed by atoms with Crippen LogP contribution in [0.25, 0.3) is 0 Å². The molecule has 0 radical (unpaired) electrons. The van der Waals surface area contributed by atoms with E-state index in [2.05, 4.69) is 36.5 Å². The molecule has 1 aromatic heterocycles. The number of rotatable bonds is 3. The number of hydrogen-bond donors (Lipinski definition) is 2. The molecule has 4 nitrogen and oxygen atoms in total. The maximum absolute atomic E-state index is 13.5. The van der Waals surface area contributed by atoms with Crippen LogP contribution in [0.4, 0.5) is 21.7 Å². The third kappa shape index (κ3) is 2.91. The van der Waals surface area contributed by atoms with Gasteiger partial charge < -0.3 is 10.6 Å². The van der Waals surface area contributed by atoms with Gasteiger partial charge in [0.25, 0.3) is 0 Å². The molecule has 0 saturated heterocycles. The number of nitrogens with zero attached hydrogens (tertiary/aromatic N) is 2. The van der Waals surface area contributed by atoms with Crippen LogP contribution in [0.3, 0.4) is 0 Å². The van der Waals surface area contributed by atoms with Crippen molar-refractivity contribution < 1.29 is 4.39 Å². The smallest absolute Gasteiger partial charge is 0.151 e. The highest BCUT2D eigenvalue weighted by Gasteiger charge is 2.04. The van der Waals surface area contributed by atoms with E-state index in [1.807, 2.05) is 0 Å². The summed E-state index contributed by atoms with van der Waals surface area (Å²) in [6.45, 7) is 0. The van der Waals surface area contributed by atoms with Crippen molar-refractivity contribution in [1.29, 1.82) is 0 Å². The lowest BCUT2D eigenvalue weighted by atomic mass is 10.3. The number of aromatic nitrogens is 2. The van der Waals surface area contributed by atoms with Crippen LogP contribution >= 0.6 is 15.9 Å².